The number of rotatable bonds is 8. The van der Waals surface area contributed by atoms with Gasteiger partial charge in [0.2, 0.25) is 0 Å². The van der Waals surface area contributed by atoms with Crippen LogP contribution >= 0.6 is 23.2 Å². The van der Waals surface area contributed by atoms with Gasteiger partial charge in [0, 0.05) is 24.8 Å². The van der Waals surface area contributed by atoms with E-state index in [0.29, 0.717) is 22.1 Å². The third-order valence-electron chi connectivity index (χ3n) is 6.40. The first kappa shape index (κ1) is 29.9. The van der Waals surface area contributed by atoms with Crippen molar-refractivity contribution in [2.75, 3.05) is 16.7 Å². The van der Waals surface area contributed by atoms with Crippen molar-refractivity contribution in [1.29, 1.82) is 0 Å². The summed E-state index contributed by atoms with van der Waals surface area (Å²) in [6, 6.07) is 18.7. The van der Waals surface area contributed by atoms with Crippen molar-refractivity contribution < 1.29 is 22.7 Å². The molecule has 1 atom stereocenters. The monoisotopic (exact) mass is 616 g/mol. The lowest BCUT2D eigenvalue weighted by Gasteiger charge is -2.19. The Morgan fingerprint density at radius 3 is 2.34 bits per heavy atom. The van der Waals surface area contributed by atoms with Crippen LogP contribution in [0.1, 0.15) is 23.0 Å². The van der Waals surface area contributed by atoms with Crippen LogP contribution in [0.5, 0.6) is 0 Å². The average Bonchev–Trinajstić information content (AvgIpc) is 3.15. The summed E-state index contributed by atoms with van der Waals surface area (Å²) in [7, 11) is -1.44. The molecule has 0 saturated heterocycles. The molecule has 4 aromatic rings. The first-order valence-corrected chi connectivity index (χ1v) is 14.4. The van der Waals surface area contributed by atoms with E-state index in [0.717, 1.165) is 10.4 Å². The maximum atomic E-state index is 13.6. The zero-order valence-electron chi connectivity index (χ0n) is 22.5. The summed E-state index contributed by atoms with van der Waals surface area (Å²) in [5.41, 5.74) is 0.484. The van der Waals surface area contributed by atoms with E-state index in [1.165, 1.54) is 36.9 Å². The van der Waals surface area contributed by atoms with Crippen LogP contribution in [0.3, 0.4) is 0 Å². The van der Waals surface area contributed by atoms with Crippen LogP contribution < -0.4 is 15.2 Å². The number of ether oxygens (including phenoxy) is 1. The van der Waals surface area contributed by atoms with Crippen molar-refractivity contribution in [2.24, 2.45) is 7.05 Å². The van der Waals surface area contributed by atoms with E-state index in [-0.39, 0.29) is 21.2 Å². The number of nitrogens with zero attached hydrogens (tertiary/aromatic N) is 3. The third-order valence-corrected chi connectivity index (χ3v) is 8.72. The van der Waals surface area contributed by atoms with Crippen molar-refractivity contribution in [3.8, 4) is 5.69 Å². The van der Waals surface area contributed by atoms with Crippen LogP contribution in [0.2, 0.25) is 10.0 Å². The summed E-state index contributed by atoms with van der Waals surface area (Å²) in [5, 5.41) is 2.91. The van der Waals surface area contributed by atoms with Crippen LogP contribution in [0, 0.1) is 6.92 Å². The minimum Gasteiger partial charge on any atom is -0.449 e. The lowest BCUT2D eigenvalue weighted by molar-refractivity contribution is -0.123. The second kappa shape index (κ2) is 11.8. The Labute approximate surface area is 246 Å². The molecule has 1 N–H and O–H groups in total. The molecule has 214 valence electrons. The van der Waals surface area contributed by atoms with Gasteiger partial charge in [-0.2, -0.15) is 0 Å². The number of aromatic nitrogens is 2. The van der Waals surface area contributed by atoms with Gasteiger partial charge in [0.15, 0.2) is 6.10 Å². The number of hydrogen-bond donors (Lipinski definition) is 1. The first-order valence-electron chi connectivity index (χ1n) is 12.2. The summed E-state index contributed by atoms with van der Waals surface area (Å²) in [4.78, 5) is 38.6. The number of carbonyl (C=O) groups excluding carboxylic acids is 2. The number of anilines is 2. The Bertz CT molecular complexity index is 1800. The number of hydrogen-bond acceptors (Lipinski definition) is 6. The zero-order valence-corrected chi connectivity index (χ0v) is 24.8. The summed E-state index contributed by atoms with van der Waals surface area (Å²) < 4.78 is 36.3. The van der Waals surface area contributed by atoms with E-state index in [1.807, 2.05) is 0 Å². The second-order valence-corrected chi connectivity index (χ2v) is 11.9. The largest absolute Gasteiger partial charge is 0.449 e. The second-order valence-electron chi connectivity index (χ2n) is 9.07. The van der Waals surface area contributed by atoms with Gasteiger partial charge in [-0.25, -0.2) is 17.9 Å². The van der Waals surface area contributed by atoms with E-state index >= 15 is 0 Å². The van der Waals surface area contributed by atoms with E-state index in [1.54, 1.807) is 67.2 Å². The number of para-hydroxylation sites is 1. The zero-order chi connectivity index (χ0) is 30.1. The molecule has 0 fully saturated rings. The molecule has 0 aliphatic rings. The molecule has 0 aliphatic heterocycles. The topological polar surface area (TPSA) is 120 Å². The van der Waals surface area contributed by atoms with E-state index in [4.69, 9.17) is 27.9 Å². The minimum absolute atomic E-state index is 0.0678. The van der Waals surface area contributed by atoms with Gasteiger partial charge >= 0.3 is 5.97 Å². The normalized spacial score (nSPS) is 12.0. The molecule has 0 spiro atoms. The predicted octanol–water partition coefficient (Wildman–Crippen LogP) is 4.80. The Morgan fingerprint density at radius 2 is 1.68 bits per heavy atom. The fraction of sp³-hybridized carbons (Fsp3) is 0.179. The van der Waals surface area contributed by atoms with Gasteiger partial charge in [-0.05, 0) is 62.4 Å². The number of halogens is 2. The molecule has 0 bridgehead atoms. The third kappa shape index (κ3) is 6.02. The van der Waals surface area contributed by atoms with Crippen molar-refractivity contribution in [3.63, 3.8) is 0 Å². The molecule has 10 nitrogen and oxygen atoms in total. The summed E-state index contributed by atoms with van der Waals surface area (Å²) >= 11 is 12.1. The van der Waals surface area contributed by atoms with Gasteiger partial charge < -0.3 is 10.1 Å². The summed E-state index contributed by atoms with van der Waals surface area (Å²) in [5.74, 6) is -1.64. The molecule has 0 aliphatic carbocycles. The van der Waals surface area contributed by atoms with Crippen molar-refractivity contribution >= 4 is 56.5 Å². The quantitative estimate of drug-likeness (QED) is 0.284. The predicted molar refractivity (Wildman–Crippen MR) is 158 cm³/mol. The Hall–Kier alpha value is -4.06. The first-order chi connectivity index (χ1) is 19.3. The van der Waals surface area contributed by atoms with E-state index in [2.05, 4.69) is 5.32 Å². The highest BCUT2D eigenvalue weighted by Crippen LogP contribution is 2.27. The number of amides is 1. The molecule has 1 heterocycles. The number of esters is 1. The lowest BCUT2D eigenvalue weighted by Crippen LogP contribution is -2.32. The minimum atomic E-state index is -4.34. The molecule has 3 aromatic carbocycles. The smallest absolute Gasteiger partial charge is 0.340 e. The molecule has 4 rings (SSSR count). The molecule has 1 amide bonds. The average molecular weight is 618 g/mol. The van der Waals surface area contributed by atoms with Crippen LogP contribution in [0.4, 0.5) is 11.4 Å². The van der Waals surface area contributed by atoms with Gasteiger partial charge in [-0.3, -0.25) is 18.6 Å². The SMILES string of the molecule is Cc1c(N(C)S(=O)(=O)c2ccc(Cl)c(C(=O)OC(C)C(=O)Nc3cccc(Cl)c3)c2)c(=O)n(-c2ccccc2)n1C. The highest BCUT2D eigenvalue weighted by Gasteiger charge is 2.30. The van der Waals surface area contributed by atoms with Crippen molar-refractivity contribution in [2.45, 2.75) is 24.8 Å². The highest BCUT2D eigenvalue weighted by atomic mass is 35.5. The molecule has 0 radical (unpaired) electrons. The standard InChI is InChI=1S/C28H26Cl2N4O6S/c1-17-25(27(36)34(32(17)3)21-11-6-5-7-12-21)33(4)41(38,39)22-13-14-24(30)23(16-22)28(37)40-18(2)26(35)31-20-10-8-9-19(29)15-20/h5-16,18H,1-4H3,(H,31,35). The molecule has 1 aromatic heterocycles. The summed E-state index contributed by atoms with van der Waals surface area (Å²) in [6.45, 7) is 2.98. The molecular weight excluding hydrogens is 591 g/mol. The maximum absolute atomic E-state index is 13.6. The fourth-order valence-electron chi connectivity index (χ4n) is 4.10. The Balaban J connectivity index is 1.60. The maximum Gasteiger partial charge on any atom is 0.340 e. The van der Waals surface area contributed by atoms with Gasteiger partial charge in [-0.1, -0.05) is 47.5 Å². The number of nitrogens with one attached hydrogen (secondary N) is 1. The number of benzene rings is 3. The highest BCUT2D eigenvalue weighted by molar-refractivity contribution is 7.92. The van der Waals surface area contributed by atoms with Crippen molar-refractivity contribution in [3.05, 3.63) is 104 Å². The number of sulfonamides is 1. The molecule has 1 unspecified atom stereocenters. The van der Waals surface area contributed by atoms with E-state index in [9.17, 15) is 22.8 Å². The van der Waals surface area contributed by atoms with Crippen LogP contribution in [-0.2, 0) is 26.6 Å². The lowest BCUT2D eigenvalue weighted by atomic mass is 10.2. The van der Waals surface area contributed by atoms with Gasteiger partial charge in [0.05, 0.1) is 26.9 Å². The molecule has 41 heavy (non-hydrogen) atoms. The van der Waals surface area contributed by atoms with E-state index < -0.39 is 33.6 Å². The number of carbonyl (C=O) groups is 2. The van der Waals surface area contributed by atoms with Gasteiger partial charge in [-0.15, -0.1) is 0 Å². The molecule has 0 saturated carbocycles. The van der Waals surface area contributed by atoms with Gasteiger partial charge in [0.25, 0.3) is 21.5 Å². The molecule has 13 heteroatoms. The van der Waals surface area contributed by atoms with Crippen LogP contribution in [0.25, 0.3) is 5.69 Å². The van der Waals surface area contributed by atoms with Crippen LogP contribution in [-0.4, -0.2) is 42.8 Å². The molecular formula is C28H26Cl2N4O6S. The Morgan fingerprint density at radius 1 is 1.00 bits per heavy atom. The fourth-order valence-corrected chi connectivity index (χ4v) is 5.76. The Kier molecular flexibility index (Phi) is 8.62. The van der Waals surface area contributed by atoms with Crippen LogP contribution in [0.15, 0.2) is 82.5 Å². The van der Waals surface area contributed by atoms with Crippen molar-refractivity contribution in [1.82, 2.24) is 9.36 Å². The summed E-state index contributed by atoms with van der Waals surface area (Å²) in [6.07, 6.45) is -1.25. The van der Waals surface area contributed by atoms with Gasteiger partial charge in [0.1, 0.15) is 5.69 Å².